The molecule has 7 aromatic rings. The number of aromatic nitrogens is 4. The maximum atomic E-state index is 6.90. The van der Waals surface area contributed by atoms with Crippen LogP contribution in [0.25, 0.3) is 22.4 Å². The molecule has 5 nitrogen and oxygen atoms in total. The van der Waals surface area contributed by atoms with Gasteiger partial charge in [-0.3, -0.25) is 4.98 Å². The number of hydrogen-bond donors (Lipinski definition) is 0. The second kappa shape index (κ2) is 17.5. The highest BCUT2D eigenvalue weighted by Gasteiger charge is 2.32. The summed E-state index contributed by atoms with van der Waals surface area (Å²) in [4.78, 5) is 7.28. The first kappa shape index (κ1) is 39.8. The Balaban J connectivity index is 1.21. The van der Waals surface area contributed by atoms with Crippen LogP contribution < -0.4 is 4.74 Å². The number of benzene rings is 5. The fraction of sp³-hybridized carbons (Fsp3) is 0.226. The fourth-order valence-electron chi connectivity index (χ4n) is 8.76. The predicted molar refractivity (Wildman–Crippen MR) is 243 cm³/mol. The van der Waals surface area contributed by atoms with E-state index in [0.717, 1.165) is 39.7 Å². The van der Waals surface area contributed by atoms with Crippen LogP contribution in [0.1, 0.15) is 74.2 Å². The third-order valence-corrected chi connectivity index (χ3v) is 12.5. The van der Waals surface area contributed by atoms with E-state index < -0.39 is 0 Å². The number of ether oxygens (including phenoxy) is 1. The van der Waals surface area contributed by atoms with Gasteiger partial charge in [-0.25, -0.2) is 4.68 Å². The summed E-state index contributed by atoms with van der Waals surface area (Å²) < 4.78 is 8.82. The van der Waals surface area contributed by atoms with Crippen LogP contribution >= 0.6 is 11.8 Å². The molecular weight excluding hydrogens is 741 g/mol. The molecule has 59 heavy (non-hydrogen) atoms. The van der Waals surface area contributed by atoms with E-state index in [1.54, 1.807) is 11.8 Å². The molecule has 0 saturated carbocycles. The van der Waals surface area contributed by atoms with Crippen molar-refractivity contribution in [2.75, 3.05) is 0 Å². The van der Waals surface area contributed by atoms with Gasteiger partial charge in [0.05, 0.1) is 23.5 Å². The predicted octanol–water partition coefficient (Wildman–Crippen LogP) is 14.0. The van der Waals surface area contributed by atoms with Crippen LogP contribution in [0.15, 0.2) is 173 Å². The number of allylic oxidation sites excluding steroid dienone is 4. The summed E-state index contributed by atoms with van der Waals surface area (Å²) >= 11 is 1.77. The molecule has 1 aliphatic rings. The molecule has 0 radical (unpaired) electrons. The normalized spacial score (nSPS) is 15.9. The molecule has 8 rings (SSSR count). The van der Waals surface area contributed by atoms with E-state index in [9.17, 15) is 0 Å². The third kappa shape index (κ3) is 8.60. The summed E-state index contributed by atoms with van der Waals surface area (Å²) in [5, 5.41) is 9.65. The Morgan fingerprint density at radius 1 is 0.729 bits per heavy atom. The van der Waals surface area contributed by atoms with Crippen LogP contribution in [0.4, 0.5) is 0 Å². The van der Waals surface area contributed by atoms with Crippen LogP contribution in [-0.2, 0) is 0 Å². The minimum atomic E-state index is -0.116. The summed E-state index contributed by atoms with van der Waals surface area (Å²) in [7, 11) is 0. The Morgan fingerprint density at radius 3 is 2.22 bits per heavy atom. The SMILES string of the molecule is Cc1cccc(C)c1-c1cc(Oc2cccc([C@H](c3ccccn3)c3ccccc3Sc3ccccc3)c2)cc(-n2cc(C3=C(C(C)C)C=CC(C)C3C(C)C)nn2)c1. The highest BCUT2D eigenvalue weighted by atomic mass is 32.2. The zero-order valence-corrected chi connectivity index (χ0v) is 35.8. The minimum absolute atomic E-state index is 0.116. The van der Waals surface area contributed by atoms with E-state index in [1.807, 2.05) is 23.0 Å². The number of nitrogens with zero attached hydrogens (tertiary/aromatic N) is 4. The van der Waals surface area contributed by atoms with Crippen molar-refractivity contribution in [3.05, 3.63) is 197 Å². The van der Waals surface area contributed by atoms with Gasteiger partial charge in [-0.15, -0.1) is 5.10 Å². The summed E-state index contributed by atoms with van der Waals surface area (Å²) in [6.07, 6.45) is 8.65. The minimum Gasteiger partial charge on any atom is -0.457 e. The van der Waals surface area contributed by atoms with E-state index in [1.165, 1.54) is 43.2 Å². The Bertz CT molecular complexity index is 2600. The van der Waals surface area contributed by atoms with Gasteiger partial charge in [-0.2, -0.15) is 0 Å². The van der Waals surface area contributed by atoms with E-state index in [2.05, 4.69) is 188 Å². The van der Waals surface area contributed by atoms with Crippen molar-refractivity contribution < 1.29 is 4.74 Å². The van der Waals surface area contributed by atoms with Gasteiger partial charge in [-0.1, -0.05) is 137 Å². The lowest BCUT2D eigenvalue weighted by Gasteiger charge is -2.33. The molecule has 2 aromatic heterocycles. The van der Waals surface area contributed by atoms with Crippen LogP contribution in [0, 0.1) is 37.5 Å². The van der Waals surface area contributed by atoms with Crippen LogP contribution in [0.2, 0.25) is 0 Å². The fourth-order valence-corrected chi connectivity index (χ4v) is 9.76. The number of aryl methyl sites for hydroxylation is 2. The zero-order valence-electron chi connectivity index (χ0n) is 35.0. The lowest BCUT2D eigenvalue weighted by Crippen LogP contribution is -2.23. The van der Waals surface area contributed by atoms with Gasteiger partial charge >= 0.3 is 0 Å². The molecular formula is C53H52N4OS. The van der Waals surface area contributed by atoms with Gasteiger partial charge in [0, 0.05) is 22.1 Å². The molecule has 1 aliphatic carbocycles. The van der Waals surface area contributed by atoms with Gasteiger partial charge < -0.3 is 4.74 Å². The molecule has 0 amide bonds. The largest absolute Gasteiger partial charge is 0.457 e. The molecule has 3 atom stereocenters. The number of hydrogen-bond acceptors (Lipinski definition) is 5. The molecule has 296 valence electrons. The summed E-state index contributed by atoms with van der Waals surface area (Å²) in [5.74, 6) is 2.95. The maximum absolute atomic E-state index is 6.90. The molecule has 2 heterocycles. The maximum Gasteiger partial charge on any atom is 0.130 e. The first-order valence-corrected chi connectivity index (χ1v) is 21.5. The van der Waals surface area contributed by atoms with Gasteiger partial charge in [-0.05, 0) is 137 Å². The average molecular weight is 793 g/mol. The molecule has 0 fully saturated rings. The molecule has 5 aromatic carbocycles. The molecule has 0 N–H and O–H groups in total. The van der Waals surface area contributed by atoms with Gasteiger partial charge in [0.15, 0.2) is 0 Å². The van der Waals surface area contributed by atoms with Crippen molar-refractivity contribution in [1.82, 2.24) is 20.0 Å². The quantitative estimate of drug-likeness (QED) is 0.123. The number of rotatable bonds is 12. The highest BCUT2D eigenvalue weighted by molar-refractivity contribution is 7.99. The first-order chi connectivity index (χ1) is 28.6. The topological polar surface area (TPSA) is 52.8 Å². The Kier molecular flexibility index (Phi) is 11.8. The molecule has 0 bridgehead atoms. The second-order valence-electron chi connectivity index (χ2n) is 16.4. The van der Waals surface area contributed by atoms with E-state index in [0.29, 0.717) is 23.7 Å². The molecule has 0 spiro atoms. The van der Waals surface area contributed by atoms with Gasteiger partial charge in [0.2, 0.25) is 0 Å². The zero-order chi connectivity index (χ0) is 41.0. The second-order valence-corrected chi connectivity index (χ2v) is 17.5. The van der Waals surface area contributed by atoms with Crippen molar-refractivity contribution in [2.24, 2.45) is 23.7 Å². The standard InChI is InChI=1S/C53H52N4OS/c1-34(2)45-27-26-38(7)50(35(3)4)53(45)48-33-57(56-55-48)41-29-40(51-36(5)17-15-18-37(51)6)31-43(32-41)58-42-20-16-19-39(30-42)52(47-24-13-14-28-54-47)46-23-11-12-25-49(46)59-44-21-9-8-10-22-44/h8-35,38,50,52H,1-7H3/t38?,50?,52-/m0/s1. The molecule has 2 unspecified atom stereocenters. The Labute approximate surface area is 353 Å². The smallest absolute Gasteiger partial charge is 0.130 e. The Hall–Kier alpha value is -5.98. The lowest BCUT2D eigenvalue weighted by atomic mass is 9.71. The van der Waals surface area contributed by atoms with Crippen LogP contribution in [-0.4, -0.2) is 20.0 Å². The molecule has 0 aliphatic heterocycles. The van der Waals surface area contributed by atoms with Gasteiger partial charge in [0.25, 0.3) is 0 Å². The van der Waals surface area contributed by atoms with Crippen molar-refractivity contribution in [3.63, 3.8) is 0 Å². The Morgan fingerprint density at radius 2 is 1.47 bits per heavy atom. The lowest BCUT2D eigenvalue weighted by molar-refractivity contribution is 0.389. The third-order valence-electron chi connectivity index (χ3n) is 11.4. The van der Waals surface area contributed by atoms with E-state index in [4.69, 9.17) is 20.0 Å². The summed E-state index contributed by atoms with van der Waals surface area (Å²) in [6, 6.07) is 46.7. The molecule has 0 saturated heterocycles. The molecule has 6 heteroatoms. The van der Waals surface area contributed by atoms with Crippen LogP contribution in [0.3, 0.4) is 0 Å². The van der Waals surface area contributed by atoms with Crippen molar-refractivity contribution in [3.8, 4) is 28.3 Å². The van der Waals surface area contributed by atoms with Crippen molar-refractivity contribution in [2.45, 2.75) is 64.2 Å². The van der Waals surface area contributed by atoms with Gasteiger partial charge in [0.1, 0.15) is 17.2 Å². The average Bonchev–Trinajstić information content (AvgIpc) is 3.73. The monoisotopic (exact) mass is 792 g/mol. The van der Waals surface area contributed by atoms with E-state index in [-0.39, 0.29) is 5.92 Å². The summed E-state index contributed by atoms with van der Waals surface area (Å²) in [6.45, 7) is 15.8. The van der Waals surface area contributed by atoms with Crippen molar-refractivity contribution >= 4 is 17.3 Å². The number of pyridine rings is 1. The first-order valence-electron chi connectivity index (χ1n) is 20.7. The van der Waals surface area contributed by atoms with E-state index >= 15 is 0 Å². The highest BCUT2D eigenvalue weighted by Crippen LogP contribution is 2.44. The van der Waals surface area contributed by atoms with Crippen LogP contribution in [0.5, 0.6) is 11.5 Å². The van der Waals surface area contributed by atoms with Crippen molar-refractivity contribution in [1.29, 1.82) is 0 Å². The summed E-state index contributed by atoms with van der Waals surface area (Å²) in [5.41, 5.74) is 12.4.